The van der Waals surface area contributed by atoms with E-state index in [0.717, 1.165) is 12.8 Å². The molecular formula is C22H41N5O5. The molecule has 0 aromatic carbocycles. The van der Waals surface area contributed by atoms with Crippen molar-refractivity contribution in [3.05, 3.63) is 0 Å². The maximum atomic E-state index is 13.1. The number of hydrogen-bond acceptors (Lipinski definition) is 6. The molecule has 1 aliphatic heterocycles. The molecule has 0 aromatic rings. The van der Waals surface area contributed by atoms with Crippen LogP contribution in [0.2, 0.25) is 0 Å². The van der Waals surface area contributed by atoms with Crippen LogP contribution in [0, 0.1) is 11.8 Å². The molecule has 1 aliphatic rings. The molecule has 10 nitrogen and oxygen atoms in total. The number of nitrogens with zero attached hydrogens (tertiary/aromatic N) is 1. The summed E-state index contributed by atoms with van der Waals surface area (Å²) in [6.07, 6.45) is 3.32. The Balaban J connectivity index is 2.89. The summed E-state index contributed by atoms with van der Waals surface area (Å²) in [7, 11) is 0. The molecule has 0 aromatic heterocycles. The fourth-order valence-electron chi connectivity index (χ4n) is 3.88. The largest absolute Gasteiger partial charge is 0.480 e. The highest BCUT2D eigenvalue weighted by Gasteiger charge is 2.38. The number of amides is 3. The topological polar surface area (TPSA) is 168 Å². The minimum atomic E-state index is -1.04. The molecule has 0 aliphatic carbocycles. The lowest BCUT2D eigenvalue weighted by atomic mass is 9.99. The number of carboxylic acids is 1. The zero-order valence-electron chi connectivity index (χ0n) is 19.8. The van der Waals surface area contributed by atoms with E-state index in [4.69, 9.17) is 11.5 Å². The van der Waals surface area contributed by atoms with Crippen molar-refractivity contribution in [1.82, 2.24) is 15.5 Å². The molecule has 1 heterocycles. The first kappa shape index (κ1) is 27.8. The van der Waals surface area contributed by atoms with E-state index in [0.29, 0.717) is 38.8 Å². The van der Waals surface area contributed by atoms with Gasteiger partial charge in [0.05, 0.1) is 6.04 Å². The third kappa shape index (κ3) is 8.38. The normalized spacial score (nSPS) is 19.0. The molecule has 1 fully saturated rings. The van der Waals surface area contributed by atoms with Crippen LogP contribution in [0.25, 0.3) is 0 Å². The summed E-state index contributed by atoms with van der Waals surface area (Å²) in [5.74, 6) is -2.48. The molecule has 7 N–H and O–H groups in total. The Morgan fingerprint density at radius 1 is 1.06 bits per heavy atom. The van der Waals surface area contributed by atoms with Crippen LogP contribution in [0.15, 0.2) is 0 Å². The minimum absolute atomic E-state index is 0.0955. The zero-order chi connectivity index (χ0) is 24.4. The van der Waals surface area contributed by atoms with Gasteiger partial charge in [0.15, 0.2) is 0 Å². The standard InChI is InChI=1S/C22H41N5O5/c1-13(2)12-16(21(30)27-11-7-9-17(27)22(31)32)25-20(29)18(14(3)4)26-19(28)15(24)8-5-6-10-23/h13-18H,5-12,23-24H2,1-4H3,(H,25,29)(H,26,28)(H,31,32). The molecule has 32 heavy (non-hydrogen) atoms. The molecule has 0 saturated carbocycles. The Labute approximate surface area is 190 Å². The van der Waals surface area contributed by atoms with Crippen LogP contribution in [-0.4, -0.2) is 71.0 Å². The second kappa shape index (κ2) is 13.4. The van der Waals surface area contributed by atoms with Crippen LogP contribution in [0.4, 0.5) is 0 Å². The number of hydrogen-bond donors (Lipinski definition) is 5. The van der Waals surface area contributed by atoms with Gasteiger partial charge in [0.2, 0.25) is 17.7 Å². The molecule has 4 atom stereocenters. The minimum Gasteiger partial charge on any atom is -0.480 e. The Bertz CT molecular complexity index is 655. The second-order valence-electron chi connectivity index (χ2n) is 9.34. The summed E-state index contributed by atoms with van der Waals surface area (Å²) in [4.78, 5) is 51.5. The molecule has 0 bridgehead atoms. The molecule has 1 rings (SSSR count). The molecule has 10 heteroatoms. The molecule has 0 radical (unpaired) electrons. The van der Waals surface area contributed by atoms with Crippen molar-refractivity contribution in [3.8, 4) is 0 Å². The van der Waals surface area contributed by atoms with Crippen molar-refractivity contribution in [2.45, 2.75) is 90.4 Å². The number of carbonyl (C=O) groups excluding carboxylic acids is 3. The van der Waals surface area contributed by atoms with Crippen LogP contribution in [-0.2, 0) is 19.2 Å². The SMILES string of the molecule is CC(C)CC(NC(=O)C(NC(=O)C(N)CCCCN)C(C)C)C(=O)N1CCCC1C(=O)O. The van der Waals surface area contributed by atoms with Crippen LogP contribution >= 0.6 is 0 Å². The molecule has 3 amide bonds. The number of carbonyl (C=O) groups is 4. The monoisotopic (exact) mass is 455 g/mol. The summed E-state index contributed by atoms with van der Waals surface area (Å²) in [5.41, 5.74) is 11.4. The Hall–Kier alpha value is -2.20. The van der Waals surface area contributed by atoms with Crippen molar-refractivity contribution in [2.24, 2.45) is 23.3 Å². The number of aliphatic carboxylic acids is 1. The first-order valence-corrected chi connectivity index (χ1v) is 11.6. The number of unbranched alkanes of at least 4 members (excludes halogenated alkanes) is 1. The van der Waals surface area contributed by atoms with Gasteiger partial charge >= 0.3 is 5.97 Å². The lowest BCUT2D eigenvalue weighted by Gasteiger charge is -2.30. The van der Waals surface area contributed by atoms with Gasteiger partial charge in [-0.05, 0) is 50.5 Å². The highest BCUT2D eigenvalue weighted by molar-refractivity contribution is 5.94. The lowest BCUT2D eigenvalue weighted by Crippen LogP contribution is -2.58. The average Bonchev–Trinajstić information content (AvgIpc) is 3.20. The van der Waals surface area contributed by atoms with Crippen molar-refractivity contribution in [3.63, 3.8) is 0 Å². The highest BCUT2D eigenvalue weighted by Crippen LogP contribution is 2.20. The maximum absolute atomic E-state index is 13.1. The van der Waals surface area contributed by atoms with Gasteiger partial charge in [-0.15, -0.1) is 0 Å². The summed E-state index contributed by atoms with van der Waals surface area (Å²) in [6, 6.07) is -3.34. The van der Waals surface area contributed by atoms with E-state index in [1.807, 2.05) is 13.8 Å². The lowest BCUT2D eigenvalue weighted by molar-refractivity contribution is -0.149. The number of likely N-dealkylation sites (tertiary alicyclic amines) is 1. The van der Waals surface area contributed by atoms with Gasteiger partial charge in [-0.1, -0.05) is 34.1 Å². The van der Waals surface area contributed by atoms with Gasteiger partial charge < -0.3 is 32.1 Å². The molecule has 184 valence electrons. The van der Waals surface area contributed by atoms with Crippen molar-refractivity contribution < 1.29 is 24.3 Å². The fourth-order valence-corrected chi connectivity index (χ4v) is 3.88. The van der Waals surface area contributed by atoms with E-state index in [-0.39, 0.29) is 11.8 Å². The van der Waals surface area contributed by atoms with Crippen molar-refractivity contribution in [2.75, 3.05) is 13.1 Å². The molecule has 0 spiro atoms. The van der Waals surface area contributed by atoms with Gasteiger partial charge in [0.25, 0.3) is 0 Å². The third-order valence-corrected chi connectivity index (χ3v) is 5.70. The second-order valence-corrected chi connectivity index (χ2v) is 9.34. The predicted octanol–water partition coefficient (Wildman–Crippen LogP) is 0.190. The van der Waals surface area contributed by atoms with Crippen molar-refractivity contribution in [1.29, 1.82) is 0 Å². The summed E-state index contributed by atoms with van der Waals surface area (Å²) < 4.78 is 0. The van der Waals surface area contributed by atoms with Gasteiger partial charge in [0, 0.05) is 6.54 Å². The van der Waals surface area contributed by atoms with E-state index in [1.165, 1.54) is 4.90 Å². The Kier molecular flexibility index (Phi) is 11.6. The van der Waals surface area contributed by atoms with Crippen LogP contribution in [0.5, 0.6) is 0 Å². The molecule has 4 unspecified atom stereocenters. The van der Waals surface area contributed by atoms with E-state index in [9.17, 15) is 24.3 Å². The number of nitrogens with one attached hydrogen (secondary N) is 2. The van der Waals surface area contributed by atoms with Gasteiger partial charge in [-0.3, -0.25) is 14.4 Å². The first-order chi connectivity index (χ1) is 15.0. The van der Waals surface area contributed by atoms with E-state index < -0.39 is 47.9 Å². The summed E-state index contributed by atoms with van der Waals surface area (Å²) >= 11 is 0. The highest BCUT2D eigenvalue weighted by atomic mass is 16.4. The zero-order valence-corrected chi connectivity index (χ0v) is 19.8. The number of nitrogens with two attached hydrogens (primary N) is 2. The number of carboxylic acid groups (broad SMARTS) is 1. The van der Waals surface area contributed by atoms with E-state index in [1.54, 1.807) is 13.8 Å². The van der Waals surface area contributed by atoms with Gasteiger partial charge in [-0.25, -0.2) is 4.79 Å². The first-order valence-electron chi connectivity index (χ1n) is 11.6. The van der Waals surface area contributed by atoms with Crippen molar-refractivity contribution >= 4 is 23.7 Å². The smallest absolute Gasteiger partial charge is 0.326 e. The summed E-state index contributed by atoms with van der Waals surface area (Å²) in [6.45, 7) is 8.31. The Morgan fingerprint density at radius 2 is 1.72 bits per heavy atom. The predicted molar refractivity (Wildman–Crippen MR) is 121 cm³/mol. The fraction of sp³-hybridized carbons (Fsp3) is 0.818. The van der Waals surface area contributed by atoms with E-state index >= 15 is 0 Å². The third-order valence-electron chi connectivity index (χ3n) is 5.70. The van der Waals surface area contributed by atoms with Crippen LogP contribution in [0.3, 0.4) is 0 Å². The van der Waals surface area contributed by atoms with Crippen LogP contribution in [0.1, 0.15) is 66.2 Å². The van der Waals surface area contributed by atoms with E-state index in [2.05, 4.69) is 10.6 Å². The maximum Gasteiger partial charge on any atom is 0.326 e. The van der Waals surface area contributed by atoms with Gasteiger partial charge in [-0.2, -0.15) is 0 Å². The number of rotatable bonds is 13. The quantitative estimate of drug-likeness (QED) is 0.247. The average molecular weight is 456 g/mol. The Morgan fingerprint density at radius 3 is 2.25 bits per heavy atom. The van der Waals surface area contributed by atoms with Crippen LogP contribution < -0.4 is 22.1 Å². The summed E-state index contributed by atoms with van der Waals surface area (Å²) in [5, 5.41) is 14.9. The van der Waals surface area contributed by atoms with Gasteiger partial charge in [0.1, 0.15) is 18.1 Å². The molecule has 1 saturated heterocycles. The molecular weight excluding hydrogens is 414 g/mol.